The first kappa shape index (κ1) is 21.7. The van der Waals surface area contributed by atoms with Crippen molar-refractivity contribution in [2.45, 2.75) is 50.9 Å². The summed E-state index contributed by atoms with van der Waals surface area (Å²) in [4.78, 5) is 38.9. The Bertz CT molecular complexity index is 824. The normalized spacial score (nSPS) is 20.8. The van der Waals surface area contributed by atoms with E-state index in [0.717, 1.165) is 24.0 Å². The van der Waals surface area contributed by atoms with Gasteiger partial charge in [-0.1, -0.05) is 37.1 Å². The Kier molecular flexibility index (Phi) is 7.24. The topological polar surface area (TPSA) is 75.7 Å². The molecule has 6 nitrogen and oxygen atoms in total. The number of carbonyl (C=O) groups excluding carboxylic acids is 3. The largest absolute Gasteiger partial charge is 0.461 e. The molecule has 8 heteroatoms. The van der Waals surface area contributed by atoms with Gasteiger partial charge in [-0.2, -0.15) is 0 Å². The van der Waals surface area contributed by atoms with Gasteiger partial charge in [-0.05, 0) is 43.0 Å². The number of amides is 2. The summed E-state index contributed by atoms with van der Waals surface area (Å²) in [5.74, 6) is -0.271. The Morgan fingerprint density at radius 2 is 2.03 bits per heavy atom. The molecule has 2 heterocycles. The third kappa shape index (κ3) is 4.95. The highest BCUT2D eigenvalue weighted by molar-refractivity contribution is 8.00. The van der Waals surface area contributed by atoms with Crippen LogP contribution >= 0.6 is 23.4 Å². The van der Waals surface area contributed by atoms with Crippen LogP contribution in [0.3, 0.4) is 0 Å². The molecule has 3 rings (SSSR count). The second-order valence-corrected chi connectivity index (χ2v) is 8.74. The molecule has 0 saturated carbocycles. The van der Waals surface area contributed by atoms with Gasteiger partial charge in [-0.15, -0.1) is 11.8 Å². The first-order chi connectivity index (χ1) is 13.9. The number of halogens is 1. The molecule has 29 heavy (non-hydrogen) atoms. The van der Waals surface area contributed by atoms with Gasteiger partial charge in [-0.3, -0.25) is 14.5 Å². The summed E-state index contributed by atoms with van der Waals surface area (Å²) in [5.41, 5.74) is 2.17. The number of rotatable bonds is 8. The zero-order chi connectivity index (χ0) is 21.0. The maximum Gasteiger partial charge on any atom is 0.355 e. The summed E-state index contributed by atoms with van der Waals surface area (Å²) >= 11 is 7.42. The fourth-order valence-corrected chi connectivity index (χ4v) is 4.71. The Balaban J connectivity index is 1.56. The fraction of sp³-hybridized carbons (Fsp3) is 0.476. The molecule has 2 aliphatic rings. The summed E-state index contributed by atoms with van der Waals surface area (Å²) in [6, 6.07) is 6.73. The second-order valence-electron chi connectivity index (χ2n) is 7.20. The van der Waals surface area contributed by atoms with Crippen LogP contribution < -0.4 is 5.32 Å². The third-order valence-corrected chi connectivity index (χ3v) is 6.63. The summed E-state index contributed by atoms with van der Waals surface area (Å²) in [6.07, 6.45) is 2.57. The van der Waals surface area contributed by atoms with Gasteiger partial charge in [0.2, 0.25) is 5.91 Å². The van der Waals surface area contributed by atoms with Crippen molar-refractivity contribution in [1.82, 2.24) is 10.2 Å². The number of hydrogen-bond donors (Lipinski definition) is 1. The van der Waals surface area contributed by atoms with E-state index in [1.54, 1.807) is 23.9 Å². The number of aryl methyl sites for hydroxylation is 1. The summed E-state index contributed by atoms with van der Waals surface area (Å²) in [7, 11) is 0. The van der Waals surface area contributed by atoms with Gasteiger partial charge in [0.05, 0.1) is 6.61 Å². The molecule has 0 unspecified atom stereocenters. The fourth-order valence-electron chi connectivity index (χ4n) is 3.29. The molecule has 1 saturated heterocycles. The molecule has 156 valence electrons. The number of β-lactam (4-membered cyclic amide) rings is 1. The number of esters is 1. The molecule has 0 aliphatic carbocycles. The molecule has 2 aliphatic heterocycles. The first-order valence-corrected chi connectivity index (χ1v) is 11.2. The molecule has 1 fully saturated rings. The number of benzene rings is 1. The minimum absolute atomic E-state index is 0.183. The summed E-state index contributed by atoms with van der Waals surface area (Å²) in [6.45, 7) is 4.20. The highest BCUT2D eigenvalue weighted by Crippen LogP contribution is 2.40. The molecular formula is C21H25ClN2O4S. The highest BCUT2D eigenvalue weighted by atomic mass is 35.5. The number of hydrogen-bond acceptors (Lipinski definition) is 5. The minimum atomic E-state index is -0.607. The van der Waals surface area contributed by atoms with Crippen molar-refractivity contribution in [3.8, 4) is 0 Å². The van der Waals surface area contributed by atoms with Crippen molar-refractivity contribution in [3.63, 3.8) is 0 Å². The van der Waals surface area contributed by atoms with Gasteiger partial charge < -0.3 is 10.1 Å². The maximum atomic E-state index is 12.7. The zero-order valence-corrected chi connectivity index (χ0v) is 18.1. The molecule has 0 radical (unpaired) electrons. The van der Waals surface area contributed by atoms with Crippen LogP contribution in [0.15, 0.2) is 35.5 Å². The smallest absolute Gasteiger partial charge is 0.355 e. The minimum Gasteiger partial charge on any atom is -0.461 e. The highest BCUT2D eigenvalue weighted by Gasteiger charge is 2.53. The molecular weight excluding hydrogens is 412 g/mol. The molecule has 0 spiro atoms. The van der Waals surface area contributed by atoms with Crippen molar-refractivity contribution in [2.75, 3.05) is 12.4 Å². The molecule has 1 aromatic carbocycles. The quantitative estimate of drug-likeness (QED) is 0.384. The summed E-state index contributed by atoms with van der Waals surface area (Å²) < 4.78 is 5.31. The van der Waals surface area contributed by atoms with E-state index in [1.165, 1.54) is 4.90 Å². The number of ether oxygens (including phenoxy) is 1. The van der Waals surface area contributed by atoms with E-state index in [0.29, 0.717) is 29.5 Å². The number of unbranched alkanes of at least 4 members (excludes halogenated alkanes) is 1. The molecule has 2 atom stereocenters. The van der Waals surface area contributed by atoms with Gasteiger partial charge in [-0.25, -0.2) is 4.79 Å². The van der Waals surface area contributed by atoms with Crippen LogP contribution in [-0.4, -0.2) is 46.5 Å². The Morgan fingerprint density at radius 3 is 2.72 bits per heavy atom. The van der Waals surface area contributed by atoms with Crippen LogP contribution in [0.25, 0.3) is 0 Å². The lowest BCUT2D eigenvalue weighted by atomic mass is 10.0. The average molecular weight is 437 g/mol. The Labute approximate surface area is 180 Å². The van der Waals surface area contributed by atoms with Crippen molar-refractivity contribution >= 4 is 41.1 Å². The Hall–Kier alpha value is -1.99. The van der Waals surface area contributed by atoms with Crippen LogP contribution in [0, 0.1) is 0 Å². The number of thioether (sulfide) groups is 1. The number of nitrogens with zero attached hydrogens (tertiary/aromatic N) is 1. The van der Waals surface area contributed by atoms with Crippen molar-refractivity contribution < 1.29 is 19.1 Å². The van der Waals surface area contributed by atoms with E-state index >= 15 is 0 Å². The van der Waals surface area contributed by atoms with Crippen LogP contribution in [0.4, 0.5) is 0 Å². The SMILES string of the molecule is CCCCOC(=O)C1=C(C)CS[C@@H]2[C@H](NC(=O)CCc3ccc(Cl)cc3)C(=O)N12. The van der Waals surface area contributed by atoms with Gasteiger partial charge in [0.25, 0.3) is 5.91 Å². The second kappa shape index (κ2) is 9.67. The van der Waals surface area contributed by atoms with Gasteiger partial charge >= 0.3 is 5.97 Å². The maximum absolute atomic E-state index is 12.7. The first-order valence-electron chi connectivity index (χ1n) is 9.77. The van der Waals surface area contributed by atoms with Crippen LogP contribution in [0.1, 0.15) is 38.7 Å². The van der Waals surface area contributed by atoms with Gasteiger partial charge in [0.15, 0.2) is 0 Å². The predicted molar refractivity (Wildman–Crippen MR) is 113 cm³/mol. The zero-order valence-electron chi connectivity index (χ0n) is 16.6. The third-order valence-electron chi connectivity index (χ3n) is 4.95. The van der Waals surface area contributed by atoms with E-state index in [1.807, 2.05) is 26.0 Å². The van der Waals surface area contributed by atoms with Crippen LogP contribution in [0.5, 0.6) is 0 Å². The lowest BCUT2D eigenvalue weighted by molar-refractivity contribution is -0.153. The molecule has 1 N–H and O–H groups in total. The summed E-state index contributed by atoms with van der Waals surface area (Å²) in [5, 5.41) is 3.21. The Morgan fingerprint density at radius 1 is 1.31 bits per heavy atom. The molecule has 2 amide bonds. The lowest BCUT2D eigenvalue weighted by Crippen LogP contribution is -2.70. The van der Waals surface area contributed by atoms with Gasteiger partial charge in [0.1, 0.15) is 17.1 Å². The van der Waals surface area contributed by atoms with E-state index < -0.39 is 12.0 Å². The monoisotopic (exact) mass is 436 g/mol. The van der Waals surface area contributed by atoms with Gasteiger partial charge in [0, 0.05) is 17.2 Å². The van der Waals surface area contributed by atoms with Crippen LogP contribution in [0.2, 0.25) is 5.02 Å². The van der Waals surface area contributed by atoms with E-state index in [-0.39, 0.29) is 23.6 Å². The lowest BCUT2D eigenvalue weighted by Gasteiger charge is -2.49. The molecule has 0 aromatic heterocycles. The van der Waals surface area contributed by atoms with Crippen molar-refractivity contribution in [2.24, 2.45) is 0 Å². The van der Waals surface area contributed by atoms with E-state index in [2.05, 4.69) is 5.32 Å². The van der Waals surface area contributed by atoms with Crippen molar-refractivity contribution in [3.05, 3.63) is 46.1 Å². The number of carbonyl (C=O) groups is 3. The number of fused-ring (bicyclic) bond motifs is 1. The number of nitrogens with one attached hydrogen (secondary N) is 1. The average Bonchev–Trinajstić information content (AvgIpc) is 2.71. The van der Waals surface area contributed by atoms with Crippen molar-refractivity contribution in [1.29, 1.82) is 0 Å². The predicted octanol–water partition coefficient (Wildman–Crippen LogP) is 3.29. The van der Waals surface area contributed by atoms with E-state index in [4.69, 9.17) is 16.3 Å². The molecule has 0 bridgehead atoms. The van der Waals surface area contributed by atoms with E-state index in [9.17, 15) is 14.4 Å². The van der Waals surface area contributed by atoms with Crippen LogP contribution in [-0.2, 0) is 25.5 Å². The molecule has 1 aromatic rings. The standard InChI is InChI=1S/C21H25ClN2O4S/c1-3-4-11-28-21(27)18-13(2)12-29-20-17(19(26)24(18)20)23-16(25)10-7-14-5-8-15(22)9-6-14/h5-6,8-9,17,20H,3-4,7,10-12H2,1-2H3,(H,23,25)/t17-,20-/m1/s1.